The van der Waals surface area contributed by atoms with Crippen molar-refractivity contribution in [3.05, 3.63) is 35.9 Å². The van der Waals surface area contributed by atoms with Gasteiger partial charge in [-0.15, -0.1) is 0 Å². The highest BCUT2D eigenvalue weighted by Crippen LogP contribution is 2.25. The molecule has 3 amide bonds. The molecule has 6 heteroatoms. The van der Waals surface area contributed by atoms with Crippen molar-refractivity contribution in [2.45, 2.75) is 69.5 Å². The Labute approximate surface area is 173 Å². The number of hydrogen-bond donors (Lipinski definition) is 1. The van der Waals surface area contributed by atoms with Crippen molar-refractivity contribution in [2.75, 3.05) is 26.3 Å². The van der Waals surface area contributed by atoms with Gasteiger partial charge in [0.05, 0.1) is 0 Å². The first-order valence-corrected chi connectivity index (χ1v) is 11.2. The zero-order valence-electron chi connectivity index (χ0n) is 17.2. The number of rotatable bonds is 6. The van der Waals surface area contributed by atoms with Gasteiger partial charge in [0.2, 0.25) is 5.91 Å². The summed E-state index contributed by atoms with van der Waals surface area (Å²) in [5.41, 5.74) is 1.24. The number of ether oxygens (including phenoxy) is 1. The van der Waals surface area contributed by atoms with Crippen LogP contribution in [0.25, 0.3) is 0 Å². The number of likely N-dealkylation sites (tertiary alicyclic amines) is 1. The van der Waals surface area contributed by atoms with Gasteiger partial charge in [-0.25, -0.2) is 4.79 Å². The molecule has 1 aromatic carbocycles. The number of hydrogen-bond acceptors (Lipinski definition) is 3. The largest absolute Gasteiger partial charge is 0.381 e. The Morgan fingerprint density at radius 3 is 2.52 bits per heavy atom. The Bertz CT molecular complexity index is 684. The fraction of sp³-hybridized carbons (Fsp3) is 0.652. The molecular formula is C23H33N3O3. The molecule has 2 heterocycles. The Morgan fingerprint density at radius 2 is 1.79 bits per heavy atom. The van der Waals surface area contributed by atoms with E-state index in [9.17, 15) is 9.59 Å². The lowest BCUT2D eigenvalue weighted by atomic mass is 10.1. The molecule has 2 aliphatic heterocycles. The van der Waals surface area contributed by atoms with E-state index in [0.717, 1.165) is 51.9 Å². The summed E-state index contributed by atoms with van der Waals surface area (Å²) in [4.78, 5) is 30.0. The van der Waals surface area contributed by atoms with E-state index in [0.29, 0.717) is 19.0 Å². The average molecular weight is 400 g/mol. The fourth-order valence-corrected chi connectivity index (χ4v) is 4.99. The van der Waals surface area contributed by atoms with Crippen molar-refractivity contribution < 1.29 is 14.3 Å². The highest BCUT2D eigenvalue weighted by atomic mass is 16.5. The second-order valence-corrected chi connectivity index (χ2v) is 8.53. The fourth-order valence-electron chi connectivity index (χ4n) is 4.99. The van der Waals surface area contributed by atoms with Gasteiger partial charge in [-0.3, -0.25) is 4.79 Å². The molecule has 1 aliphatic carbocycles. The SMILES string of the molecule is O=C(NC1CCN(C2CCOCC2)C1=O)N(CCc1ccccc1)C1CCCC1. The maximum absolute atomic E-state index is 13.2. The molecule has 158 valence electrons. The van der Waals surface area contributed by atoms with Gasteiger partial charge in [0.25, 0.3) is 0 Å². The zero-order chi connectivity index (χ0) is 20.1. The highest BCUT2D eigenvalue weighted by Gasteiger charge is 2.38. The summed E-state index contributed by atoms with van der Waals surface area (Å²) in [6.45, 7) is 2.88. The Kier molecular flexibility index (Phi) is 6.70. The van der Waals surface area contributed by atoms with Crippen LogP contribution in [-0.4, -0.2) is 66.2 Å². The van der Waals surface area contributed by atoms with Gasteiger partial charge < -0.3 is 19.9 Å². The van der Waals surface area contributed by atoms with Crippen molar-refractivity contribution in [1.29, 1.82) is 0 Å². The van der Waals surface area contributed by atoms with Crippen LogP contribution in [0.1, 0.15) is 50.5 Å². The van der Waals surface area contributed by atoms with Crippen molar-refractivity contribution in [1.82, 2.24) is 15.1 Å². The smallest absolute Gasteiger partial charge is 0.318 e. The molecule has 1 saturated carbocycles. The maximum Gasteiger partial charge on any atom is 0.318 e. The van der Waals surface area contributed by atoms with E-state index in [1.165, 1.54) is 18.4 Å². The minimum Gasteiger partial charge on any atom is -0.381 e. The van der Waals surface area contributed by atoms with Gasteiger partial charge in [-0.05, 0) is 44.1 Å². The van der Waals surface area contributed by atoms with Crippen LogP contribution in [-0.2, 0) is 16.0 Å². The molecule has 3 fully saturated rings. The van der Waals surface area contributed by atoms with E-state index >= 15 is 0 Å². The lowest BCUT2D eigenvalue weighted by Crippen LogP contribution is -2.52. The monoisotopic (exact) mass is 399 g/mol. The number of nitrogens with zero attached hydrogens (tertiary/aromatic N) is 2. The molecule has 1 aromatic rings. The summed E-state index contributed by atoms with van der Waals surface area (Å²) < 4.78 is 5.42. The molecule has 0 radical (unpaired) electrons. The van der Waals surface area contributed by atoms with E-state index in [2.05, 4.69) is 17.4 Å². The second kappa shape index (κ2) is 9.61. The molecular weight excluding hydrogens is 366 g/mol. The van der Waals surface area contributed by atoms with Gasteiger partial charge >= 0.3 is 6.03 Å². The zero-order valence-corrected chi connectivity index (χ0v) is 17.2. The number of benzene rings is 1. The van der Waals surface area contributed by atoms with Crippen LogP contribution in [0, 0.1) is 0 Å². The van der Waals surface area contributed by atoms with Gasteiger partial charge in [-0.1, -0.05) is 43.2 Å². The highest BCUT2D eigenvalue weighted by molar-refractivity contribution is 5.89. The molecule has 4 rings (SSSR count). The third-order valence-corrected chi connectivity index (χ3v) is 6.68. The van der Waals surface area contributed by atoms with E-state index in [1.54, 1.807) is 0 Å². The van der Waals surface area contributed by atoms with Gasteiger partial charge in [0, 0.05) is 38.4 Å². The minimum absolute atomic E-state index is 0.0694. The third-order valence-electron chi connectivity index (χ3n) is 6.68. The van der Waals surface area contributed by atoms with Gasteiger partial charge in [0.1, 0.15) is 6.04 Å². The van der Waals surface area contributed by atoms with E-state index in [4.69, 9.17) is 4.74 Å². The molecule has 1 N–H and O–H groups in total. The number of urea groups is 1. The van der Waals surface area contributed by atoms with Crippen LogP contribution in [0.5, 0.6) is 0 Å². The molecule has 29 heavy (non-hydrogen) atoms. The predicted octanol–water partition coefficient (Wildman–Crippen LogP) is 2.96. The molecule has 0 bridgehead atoms. The summed E-state index contributed by atoms with van der Waals surface area (Å²) >= 11 is 0. The van der Waals surface area contributed by atoms with E-state index in [-0.39, 0.29) is 24.0 Å². The van der Waals surface area contributed by atoms with Crippen LogP contribution in [0.15, 0.2) is 30.3 Å². The molecule has 6 nitrogen and oxygen atoms in total. The Morgan fingerprint density at radius 1 is 1.07 bits per heavy atom. The molecule has 1 unspecified atom stereocenters. The van der Waals surface area contributed by atoms with Gasteiger partial charge in [-0.2, -0.15) is 0 Å². The quantitative estimate of drug-likeness (QED) is 0.800. The van der Waals surface area contributed by atoms with Gasteiger partial charge in [0.15, 0.2) is 0 Å². The van der Waals surface area contributed by atoms with Crippen LogP contribution >= 0.6 is 0 Å². The maximum atomic E-state index is 13.2. The summed E-state index contributed by atoms with van der Waals surface area (Å²) in [7, 11) is 0. The summed E-state index contributed by atoms with van der Waals surface area (Å²) in [6, 6.07) is 10.4. The topological polar surface area (TPSA) is 61.9 Å². The number of nitrogens with one attached hydrogen (secondary N) is 1. The number of carbonyl (C=O) groups excluding carboxylic acids is 2. The summed E-state index contributed by atoms with van der Waals surface area (Å²) in [5, 5.41) is 3.08. The lowest BCUT2D eigenvalue weighted by Gasteiger charge is -2.32. The first-order chi connectivity index (χ1) is 14.2. The first kappa shape index (κ1) is 20.2. The van der Waals surface area contributed by atoms with E-state index in [1.807, 2.05) is 28.0 Å². The van der Waals surface area contributed by atoms with Crippen molar-refractivity contribution in [3.8, 4) is 0 Å². The molecule has 3 aliphatic rings. The van der Waals surface area contributed by atoms with E-state index < -0.39 is 0 Å². The Hall–Kier alpha value is -2.08. The normalized spacial score (nSPS) is 23.5. The molecule has 0 aromatic heterocycles. The number of carbonyl (C=O) groups is 2. The predicted molar refractivity (Wildman–Crippen MR) is 112 cm³/mol. The van der Waals surface area contributed by atoms with Crippen LogP contribution < -0.4 is 5.32 Å². The third kappa shape index (κ3) is 4.92. The molecule has 2 saturated heterocycles. The molecule has 1 atom stereocenters. The lowest BCUT2D eigenvalue weighted by molar-refractivity contribution is -0.132. The van der Waals surface area contributed by atoms with Crippen molar-refractivity contribution in [2.24, 2.45) is 0 Å². The molecule has 0 spiro atoms. The second-order valence-electron chi connectivity index (χ2n) is 8.53. The minimum atomic E-state index is -0.383. The van der Waals surface area contributed by atoms with Crippen LogP contribution in [0.3, 0.4) is 0 Å². The number of amides is 3. The Balaban J connectivity index is 1.36. The first-order valence-electron chi connectivity index (χ1n) is 11.2. The standard InChI is InChI=1S/C23H33N3O3/c27-22-21(11-15-25(22)20-12-16-29-17-13-20)24-23(28)26(19-8-4-5-9-19)14-10-18-6-2-1-3-7-18/h1-3,6-7,19-21H,4-5,8-17H2,(H,24,28). The summed E-state index contributed by atoms with van der Waals surface area (Å²) in [5.74, 6) is 0.0830. The van der Waals surface area contributed by atoms with Crippen molar-refractivity contribution in [3.63, 3.8) is 0 Å². The van der Waals surface area contributed by atoms with Crippen LogP contribution in [0.4, 0.5) is 4.79 Å². The summed E-state index contributed by atoms with van der Waals surface area (Å²) in [6.07, 6.45) is 7.84. The van der Waals surface area contributed by atoms with Crippen molar-refractivity contribution >= 4 is 11.9 Å². The average Bonchev–Trinajstić information content (AvgIpc) is 3.41. The van der Waals surface area contributed by atoms with Crippen LogP contribution in [0.2, 0.25) is 0 Å².